The molecule has 88 valence electrons. The van der Waals surface area contributed by atoms with E-state index in [4.69, 9.17) is 23.2 Å². The lowest BCUT2D eigenvalue weighted by molar-refractivity contribution is -0.140. The van der Waals surface area contributed by atoms with E-state index in [0.29, 0.717) is 0 Å². The molecule has 0 aromatic carbocycles. The number of carbonyl (C=O) groups excluding carboxylic acids is 2. The predicted octanol–water partition coefficient (Wildman–Crippen LogP) is 1.28. The standard InChI is InChI=1S/C8H12Cl2O4S/c1-13-7(11)5(10)4-15-6(3-9)8(12)14-2/h5-6H,3-4H2,1-2H3. The summed E-state index contributed by atoms with van der Waals surface area (Å²) in [6.45, 7) is 0. The molecule has 0 amide bonds. The predicted molar refractivity (Wildman–Crippen MR) is 60.6 cm³/mol. The van der Waals surface area contributed by atoms with Crippen LogP contribution in [-0.4, -0.2) is 48.4 Å². The Kier molecular flexibility index (Phi) is 8.00. The van der Waals surface area contributed by atoms with Crippen molar-refractivity contribution in [1.82, 2.24) is 0 Å². The summed E-state index contributed by atoms with van der Waals surface area (Å²) in [5, 5.41) is -1.29. The average molecular weight is 275 g/mol. The first kappa shape index (κ1) is 14.9. The van der Waals surface area contributed by atoms with Gasteiger partial charge in [-0.15, -0.1) is 35.0 Å². The average Bonchev–Trinajstić information content (AvgIpc) is 2.27. The minimum atomic E-state index is -0.782. The Morgan fingerprint density at radius 2 is 1.80 bits per heavy atom. The van der Waals surface area contributed by atoms with Gasteiger partial charge in [-0.3, -0.25) is 9.59 Å². The van der Waals surface area contributed by atoms with E-state index in [1.54, 1.807) is 0 Å². The van der Waals surface area contributed by atoms with Gasteiger partial charge < -0.3 is 9.47 Å². The zero-order valence-corrected chi connectivity index (χ0v) is 10.7. The fourth-order valence-corrected chi connectivity index (χ4v) is 2.26. The topological polar surface area (TPSA) is 52.6 Å². The molecular weight excluding hydrogens is 263 g/mol. The minimum Gasteiger partial charge on any atom is -0.468 e. The monoisotopic (exact) mass is 274 g/mol. The van der Waals surface area contributed by atoms with Crippen LogP contribution in [0.2, 0.25) is 0 Å². The molecule has 2 unspecified atom stereocenters. The first-order chi connectivity index (χ1) is 7.06. The summed E-state index contributed by atoms with van der Waals surface area (Å²) in [6.07, 6.45) is 0. The number of ether oxygens (including phenoxy) is 2. The molecule has 0 aliphatic carbocycles. The van der Waals surface area contributed by atoms with Crippen molar-refractivity contribution in [1.29, 1.82) is 0 Å². The van der Waals surface area contributed by atoms with E-state index in [1.807, 2.05) is 0 Å². The summed E-state index contributed by atoms with van der Waals surface area (Å²) in [5.74, 6) is -0.589. The largest absolute Gasteiger partial charge is 0.468 e. The number of alkyl halides is 2. The third-order valence-electron chi connectivity index (χ3n) is 1.50. The van der Waals surface area contributed by atoms with E-state index >= 15 is 0 Å². The molecule has 4 nitrogen and oxygen atoms in total. The van der Waals surface area contributed by atoms with Gasteiger partial charge in [0.15, 0.2) is 0 Å². The maximum atomic E-state index is 11.1. The highest BCUT2D eigenvalue weighted by atomic mass is 35.5. The van der Waals surface area contributed by atoms with Crippen LogP contribution >= 0.6 is 35.0 Å². The van der Waals surface area contributed by atoms with Crippen LogP contribution in [0.4, 0.5) is 0 Å². The number of hydrogen-bond acceptors (Lipinski definition) is 5. The maximum absolute atomic E-state index is 11.1. The lowest BCUT2D eigenvalue weighted by Gasteiger charge is -2.12. The van der Waals surface area contributed by atoms with E-state index in [2.05, 4.69) is 9.47 Å². The van der Waals surface area contributed by atoms with Crippen molar-refractivity contribution in [3.63, 3.8) is 0 Å². The van der Waals surface area contributed by atoms with Crippen molar-refractivity contribution < 1.29 is 19.1 Å². The van der Waals surface area contributed by atoms with Crippen molar-refractivity contribution in [3.8, 4) is 0 Å². The summed E-state index contributed by atoms with van der Waals surface area (Å²) in [6, 6.07) is 0. The van der Waals surface area contributed by atoms with Gasteiger partial charge >= 0.3 is 11.9 Å². The highest BCUT2D eigenvalue weighted by Gasteiger charge is 2.23. The Balaban J connectivity index is 4.00. The van der Waals surface area contributed by atoms with Crippen LogP contribution < -0.4 is 0 Å². The van der Waals surface area contributed by atoms with Gasteiger partial charge in [0.05, 0.1) is 14.2 Å². The highest BCUT2D eigenvalue weighted by Crippen LogP contribution is 2.18. The second kappa shape index (κ2) is 8.07. The Hall–Kier alpha value is -0.130. The second-order valence-electron chi connectivity index (χ2n) is 2.49. The number of halogens is 2. The molecule has 0 fully saturated rings. The fourth-order valence-electron chi connectivity index (χ4n) is 0.704. The molecule has 0 radical (unpaired) electrons. The van der Waals surface area contributed by atoms with Crippen LogP contribution in [0.1, 0.15) is 0 Å². The van der Waals surface area contributed by atoms with Gasteiger partial charge in [0.25, 0.3) is 0 Å². The minimum absolute atomic E-state index is 0.113. The van der Waals surface area contributed by atoms with Crippen LogP contribution in [0.25, 0.3) is 0 Å². The van der Waals surface area contributed by atoms with Crippen molar-refractivity contribution in [3.05, 3.63) is 0 Å². The molecule has 15 heavy (non-hydrogen) atoms. The fraction of sp³-hybridized carbons (Fsp3) is 0.750. The number of thioether (sulfide) groups is 1. The molecule has 7 heteroatoms. The lowest BCUT2D eigenvalue weighted by Crippen LogP contribution is -2.25. The molecule has 0 spiro atoms. The van der Waals surface area contributed by atoms with E-state index in [0.717, 1.165) is 0 Å². The Morgan fingerprint density at radius 1 is 1.27 bits per heavy atom. The van der Waals surface area contributed by atoms with Gasteiger partial charge in [0.1, 0.15) is 10.6 Å². The number of carbonyl (C=O) groups is 2. The zero-order chi connectivity index (χ0) is 11.8. The zero-order valence-electron chi connectivity index (χ0n) is 8.37. The van der Waals surface area contributed by atoms with Crippen LogP contribution in [0.3, 0.4) is 0 Å². The van der Waals surface area contributed by atoms with Crippen LogP contribution in [0, 0.1) is 0 Å². The molecule has 0 aliphatic rings. The van der Waals surface area contributed by atoms with Gasteiger partial charge in [-0.05, 0) is 0 Å². The van der Waals surface area contributed by atoms with E-state index in [-0.39, 0.29) is 11.6 Å². The first-order valence-electron chi connectivity index (χ1n) is 4.04. The molecule has 2 atom stereocenters. The van der Waals surface area contributed by atoms with Gasteiger partial charge in [-0.25, -0.2) is 0 Å². The molecule has 0 N–H and O–H groups in total. The van der Waals surface area contributed by atoms with Gasteiger partial charge in [0.2, 0.25) is 0 Å². The molecule has 0 rings (SSSR count). The summed E-state index contributed by atoms with van der Waals surface area (Å²) >= 11 is 12.4. The summed E-state index contributed by atoms with van der Waals surface area (Å²) in [5.41, 5.74) is 0. The van der Waals surface area contributed by atoms with Gasteiger partial charge in [-0.1, -0.05) is 0 Å². The number of rotatable bonds is 6. The Morgan fingerprint density at radius 3 is 2.20 bits per heavy atom. The summed E-state index contributed by atoms with van der Waals surface area (Å²) in [7, 11) is 2.53. The molecule has 0 aliphatic heterocycles. The van der Waals surface area contributed by atoms with E-state index in [1.165, 1.54) is 26.0 Å². The summed E-state index contributed by atoms with van der Waals surface area (Å²) in [4.78, 5) is 22.0. The third-order valence-corrected chi connectivity index (χ3v) is 3.80. The van der Waals surface area contributed by atoms with Gasteiger partial charge in [-0.2, -0.15) is 0 Å². The molecule has 0 saturated carbocycles. The normalized spacial score (nSPS) is 14.1. The highest BCUT2D eigenvalue weighted by molar-refractivity contribution is 8.00. The first-order valence-corrected chi connectivity index (χ1v) is 6.06. The third kappa shape index (κ3) is 5.49. The lowest BCUT2D eigenvalue weighted by atomic mass is 10.5. The maximum Gasteiger partial charge on any atom is 0.324 e. The van der Waals surface area contributed by atoms with Crippen molar-refractivity contribution in [2.24, 2.45) is 0 Å². The van der Waals surface area contributed by atoms with E-state index < -0.39 is 22.6 Å². The molecule has 0 aromatic heterocycles. The number of methoxy groups -OCH3 is 2. The molecular formula is C8H12Cl2O4S. The quantitative estimate of drug-likeness (QED) is 0.540. The summed E-state index contributed by atoms with van der Waals surface area (Å²) < 4.78 is 8.95. The molecule has 0 bridgehead atoms. The smallest absolute Gasteiger partial charge is 0.324 e. The second-order valence-corrected chi connectivity index (χ2v) is 4.56. The SMILES string of the molecule is COC(=O)C(Cl)CSC(CCl)C(=O)OC. The van der Waals surface area contributed by atoms with Crippen molar-refractivity contribution >= 4 is 46.9 Å². The van der Waals surface area contributed by atoms with E-state index in [9.17, 15) is 9.59 Å². The van der Waals surface area contributed by atoms with Crippen molar-refractivity contribution in [2.45, 2.75) is 10.6 Å². The van der Waals surface area contributed by atoms with Crippen LogP contribution in [0.5, 0.6) is 0 Å². The number of hydrogen-bond donors (Lipinski definition) is 0. The molecule has 0 heterocycles. The van der Waals surface area contributed by atoms with Crippen molar-refractivity contribution in [2.75, 3.05) is 25.9 Å². The molecule has 0 aromatic rings. The number of esters is 2. The van der Waals surface area contributed by atoms with Gasteiger partial charge in [0, 0.05) is 11.6 Å². The Bertz CT molecular complexity index is 225. The molecule has 0 saturated heterocycles. The Labute approximate surface area is 103 Å². The van der Waals surface area contributed by atoms with Crippen LogP contribution in [-0.2, 0) is 19.1 Å². The van der Waals surface area contributed by atoms with Crippen LogP contribution in [0.15, 0.2) is 0 Å².